The SMILES string of the molecule is O=[S](=O)(S)[Ag]. The van der Waals surface area contributed by atoms with E-state index >= 15 is 0 Å². The second-order valence-corrected chi connectivity index (χ2v) is 6.26. The van der Waals surface area contributed by atoms with Gasteiger partial charge in [0.25, 0.3) is 0 Å². The van der Waals surface area contributed by atoms with Crippen molar-refractivity contribution in [2.75, 3.05) is 0 Å². The first kappa shape index (κ1) is 6.04. The summed E-state index contributed by atoms with van der Waals surface area (Å²) in [6, 6.07) is 0. The summed E-state index contributed by atoms with van der Waals surface area (Å²) in [6.45, 7) is 0. The number of hydrogen-bond acceptors (Lipinski definition) is 2. The van der Waals surface area contributed by atoms with Gasteiger partial charge in [-0.25, -0.2) is 0 Å². The molecule has 2 nitrogen and oxygen atoms in total. The zero-order chi connectivity index (χ0) is 4.50. The van der Waals surface area contributed by atoms with Crippen molar-refractivity contribution in [3.63, 3.8) is 0 Å². The van der Waals surface area contributed by atoms with Gasteiger partial charge >= 0.3 is 46.2 Å². The van der Waals surface area contributed by atoms with Gasteiger partial charge in [-0.2, -0.15) is 0 Å². The Hall–Kier alpha value is 1.04. The van der Waals surface area contributed by atoms with Crippen molar-refractivity contribution in [3.8, 4) is 0 Å². The molecule has 0 N–H and O–H groups in total. The Morgan fingerprint density at radius 2 is 1.60 bits per heavy atom. The molecule has 0 aliphatic heterocycles. The monoisotopic (exact) mass is 204 g/mol. The van der Waals surface area contributed by atoms with Crippen LogP contribution in [0.2, 0.25) is 0 Å². The molecule has 0 rings (SSSR count). The third-order valence-electron chi connectivity index (χ3n) is 0. The standard InChI is InChI=1S/Ag.HO2S2/c;1-4(2)3/h;(H,1,2,3). The molecule has 0 bridgehead atoms. The fourth-order valence-electron chi connectivity index (χ4n) is 0. The molecular formula is HAgO2S2. The average Bonchev–Trinajstić information content (AvgIpc) is 0.722. The van der Waals surface area contributed by atoms with Gasteiger partial charge in [0.2, 0.25) is 0 Å². The van der Waals surface area contributed by atoms with E-state index in [0.717, 1.165) is 0 Å². The first-order valence-corrected chi connectivity index (χ1v) is 4.83. The van der Waals surface area contributed by atoms with E-state index in [1.807, 2.05) is 0 Å². The summed E-state index contributed by atoms with van der Waals surface area (Å²) >= 11 is 5.24. The molecule has 0 aromatic carbocycles. The molecule has 0 unspecified atom stereocenters. The van der Waals surface area contributed by atoms with Crippen LogP contribution < -0.4 is 0 Å². The zero-order valence-corrected chi connectivity index (χ0v) is 5.17. The van der Waals surface area contributed by atoms with E-state index in [0.29, 0.717) is 0 Å². The summed E-state index contributed by atoms with van der Waals surface area (Å²) in [6.07, 6.45) is -3.16. The maximum atomic E-state index is 9.41. The summed E-state index contributed by atoms with van der Waals surface area (Å²) < 4.78 is 18.8. The second kappa shape index (κ2) is 1.66. The van der Waals surface area contributed by atoms with Gasteiger partial charge in [0, 0.05) is 0 Å². The van der Waals surface area contributed by atoms with Crippen LogP contribution in [-0.2, 0) is 26.1 Å². The van der Waals surface area contributed by atoms with Crippen molar-refractivity contribution in [1.29, 1.82) is 0 Å². The van der Waals surface area contributed by atoms with E-state index in [2.05, 4.69) is 31.4 Å². The molecule has 36 valence electrons. The molecule has 0 aliphatic rings. The van der Waals surface area contributed by atoms with Gasteiger partial charge in [-0.15, -0.1) is 0 Å². The number of thiol groups is 1. The summed E-state index contributed by atoms with van der Waals surface area (Å²) in [7, 11) is 0. The van der Waals surface area contributed by atoms with E-state index in [-0.39, 0.29) is 0 Å². The van der Waals surface area contributed by atoms with Gasteiger partial charge in [0.15, 0.2) is 0 Å². The van der Waals surface area contributed by atoms with Crippen molar-refractivity contribution in [2.45, 2.75) is 0 Å². The molecule has 0 aliphatic carbocycles. The van der Waals surface area contributed by atoms with Crippen LogP contribution in [0.25, 0.3) is 0 Å². The predicted octanol–water partition coefficient (Wildman–Crippen LogP) is -0.292. The van der Waals surface area contributed by atoms with Crippen LogP contribution in [0.15, 0.2) is 0 Å². The van der Waals surface area contributed by atoms with E-state index < -0.39 is 6.33 Å². The third kappa shape index (κ3) is 43.1. The minimum atomic E-state index is -3.16. The molecule has 0 atom stereocenters. The second-order valence-electron chi connectivity index (χ2n) is 0.373. The molecule has 5 heteroatoms. The van der Waals surface area contributed by atoms with Crippen molar-refractivity contribution >= 4 is 18.0 Å². The van der Waals surface area contributed by atoms with Crippen molar-refractivity contribution < 1.29 is 28.2 Å². The summed E-state index contributed by atoms with van der Waals surface area (Å²) in [5, 5.41) is 0. The van der Waals surface area contributed by atoms with Gasteiger partial charge in [-0.05, 0) is 0 Å². The van der Waals surface area contributed by atoms with Gasteiger partial charge in [-0.1, -0.05) is 0 Å². The molecular weight excluding hydrogens is 204 g/mol. The predicted molar refractivity (Wildman–Crippen MR) is 17.9 cm³/mol. The Morgan fingerprint density at radius 3 is 1.60 bits per heavy atom. The van der Waals surface area contributed by atoms with E-state index in [9.17, 15) is 8.42 Å². The molecule has 0 amide bonds. The molecule has 0 aromatic heterocycles. The van der Waals surface area contributed by atoms with Gasteiger partial charge < -0.3 is 0 Å². The van der Waals surface area contributed by atoms with E-state index in [4.69, 9.17) is 0 Å². The Balaban J connectivity index is 4.06. The Labute approximate surface area is 46.2 Å². The van der Waals surface area contributed by atoms with Crippen LogP contribution in [0.1, 0.15) is 0 Å². The van der Waals surface area contributed by atoms with E-state index in [1.54, 1.807) is 0 Å². The Bertz CT molecular complexity index is 90.8. The first-order valence-electron chi connectivity index (χ1n) is 0.639. The fraction of sp³-hybridized carbons (Fsp3) is 0. The fourth-order valence-corrected chi connectivity index (χ4v) is 0. The molecule has 0 heterocycles. The van der Waals surface area contributed by atoms with Crippen LogP contribution in [-0.4, -0.2) is 8.42 Å². The van der Waals surface area contributed by atoms with E-state index in [1.165, 1.54) is 0 Å². The van der Waals surface area contributed by atoms with Crippen LogP contribution in [0.4, 0.5) is 0 Å². The number of hydrogen-bond donors (Lipinski definition) is 1. The quantitative estimate of drug-likeness (QED) is 0.335. The normalized spacial score (nSPS) is 11.8. The van der Waals surface area contributed by atoms with Crippen LogP contribution >= 0.6 is 11.7 Å². The number of rotatable bonds is 0. The third-order valence-corrected chi connectivity index (χ3v) is 0. The first-order chi connectivity index (χ1) is 2.00. The topological polar surface area (TPSA) is 34.1 Å². The van der Waals surface area contributed by atoms with Gasteiger partial charge in [0.1, 0.15) is 0 Å². The molecule has 0 radical (unpaired) electrons. The molecule has 0 saturated carbocycles. The van der Waals surface area contributed by atoms with Crippen molar-refractivity contribution in [3.05, 3.63) is 0 Å². The molecule has 0 fully saturated rings. The van der Waals surface area contributed by atoms with Crippen LogP contribution in [0.3, 0.4) is 0 Å². The molecule has 5 heavy (non-hydrogen) atoms. The minimum absolute atomic E-state index is 2.23. The Morgan fingerprint density at radius 1 is 1.60 bits per heavy atom. The average molecular weight is 205 g/mol. The van der Waals surface area contributed by atoms with Crippen LogP contribution in [0.5, 0.6) is 0 Å². The summed E-state index contributed by atoms with van der Waals surface area (Å²) in [5.74, 6) is 0. The van der Waals surface area contributed by atoms with Crippen molar-refractivity contribution in [1.82, 2.24) is 0 Å². The summed E-state index contributed by atoms with van der Waals surface area (Å²) in [4.78, 5) is 0. The maximum absolute atomic E-state index is 9.41. The Kier molecular flexibility index (Phi) is 2.01. The van der Waals surface area contributed by atoms with Crippen LogP contribution in [0, 0.1) is 0 Å². The summed E-state index contributed by atoms with van der Waals surface area (Å²) in [5.41, 5.74) is 0. The molecule has 0 aromatic rings. The molecule has 0 spiro atoms. The van der Waals surface area contributed by atoms with Gasteiger partial charge in [0.05, 0.1) is 0 Å². The zero-order valence-electron chi connectivity index (χ0n) is 1.97. The van der Waals surface area contributed by atoms with Crippen molar-refractivity contribution in [2.24, 2.45) is 0 Å². The molecule has 0 saturated heterocycles. The van der Waals surface area contributed by atoms with Gasteiger partial charge in [-0.3, -0.25) is 0 Å².